The lowest BCUT2D eigenvalue weighted by Crippen LogP contribution is -2.39. The molecule has 1 amide bonds. The highest BCUT2D eigenvalue weighted by Gasteiger charge is 2.14. The monoisotopic (exact) mass is 357 g/mol. The van der Waals surface area contributed by atoms with Gasteiger partial charge in [0.15, 0.2) is 0 Å². The molecule has 6 heteroatoms. The summed E-state index contributed by atoms with van der Waals surface area (Å²) in [6, 6.07) is 7.78. The minimum atomic E-state index is -0.0419. The van der Waals surface area contributed by atoms with Crippen molar-refractivity contribution in [3.05, 3.63) is 28.7 Å². The fraction of sp³-hybridized carbons (Fsp3) is 0.429. The maximum atomic E-state index is 12.1. The van der Waals surface area contributed by atoms with E-state index < -0.39 is 0 Å². The van der Waals surface area contributed by atoms with Crippen molar-refractivity contribution in [2.75, 3.05) is 18.4 Å². The van der Waals surface area contributed by atoms with Crippen LogP contribution in [0, 0.1) is 0 Å². The number of thiocarbonyl (C=S) groups is 1. The Morgan fingerprint density at radius 1 is 1.50 bits per heavy atom. The molecule has 0 aliphatic rings. The van der Waals surface area contributed by atoms with Crippen LogP contribution >= 0.6 is 28.1 Å². The molecule has 1 aromatic rings. The number of nitrogens with one attached hydrogen (secondary N) is 1. The number of nitrogens with two attached hydrogens (primary N) is 1. The Morgan fingerprint density at radius 3 is 2.75 bits per heavy atom. The molecule has 0 unspecified atom stereocenters. The highest BCUT2D eigenvalue weighted by atomic mass is 79.9. The first kappa shape index (κ1) is 17.1. The van der Waals surface area contributed by atoms with Crippen LogP contribution < -0.4 is 11.1 Å². The Labute approximate surface area is 133 Å². The number of carbonyl (C=O) groups excluding carboxylic acids is 1. The third-order valence-corrected chi connectivity index (χ3v) is 3.53. The minimum Gasteiger partial charge on any atom is -0.393 e. The lowest BCUT2D eigenvalue weighted by atomic mass is 10.2. The van der Waals surface area contributed by atoms with Gasteiger partial charge in [-0.05, 0) is 32.0 Å². The average Bonchev–Trinajstić information content (AvgIpc) is 2.33. The number of amides is 1. The van der Waals surface area contributed by atoms with Crippen LogP contribution in [-0.2, 0) is 4.79 Å². The van der Waals surface area contributed by atoms with Gasteiger partial charge in [-0.3, -0.25) is 9.69 Å². The van der Waals surface area contributed by atoms with Gasteiger partial charge in [0.05, 0.1) is 11.5 Å². The van der Waals surface area contributed by atoms with Gasteiger partial charge in [0.2, 0.25) is 5.91 Å². The molecule has 4 nitrogen and oxygen atoms in total. The number of carbonyl (C=O) groups is 1. The second-order valence-electron chi connectivity index (χ2n) is 4.84. The number of nitrogens with zero attached hydrogens (tertiary/aromatic N) is 1. The zero-order valence-electron chi connectivity index (χ0n) is 11.7. The topological polar surface area (TPSA) is 58.4 Å². The number of hydrogen-bond donors (Lipinski definition) is 2. The van der Waals surface area contributed by atoms with Crippen molar-refractivity contribution in [2.24, 2.45) is 5.73 Å². The molecular weight excluding hydrogens is 338 g/mol. The average molecular weight is 358 g/mol. The number of hydrogen-bond acceptors (Lipinski definition) is 3. The summed E-state index contributed by atoms with van der Waals surface area (Å²) >= 11 is 8.26. The van der Waals surface area contributed by atoms with Crippen molar-refractivity contribution in [1.82, 2.24) is 4.90 Å². The van der Waals surface area contributed by atoms with Gasteiger partial charge in [0.25, 0.3) is 0 Å². The molecule has 0 aromatic heterocycles. The third-order valence-electron chi connectivity index (χ3n) is 2.83. The van der Waals surface area contributed by atoms with Crippen molar-refractivity contribution in [3.63, 3.8) is 0 Å². The number of benzene rings is 1. The fourth-order valence-corrected chi connectivity index (χ4v) is 2.22. The number of rotatable bonds is 7. The first-order valence-corrected chi connectivity index (χ1v) is 7.66. The van der Waals surface area contributed by atoms with Crippen LogP contribution in [0.25, 0.3) is 0 Å². The van der Waals surface area contributed by atoms with Crippen LogP contribution in [-0.4, -0.2) is 34.9 Å². The van der Waals surface area contributed by atoms with Gasteiger partial charge < -0.3 is 11.1 Å². The highest BCUT2D eigenvalue weighted by molar-refractivity contribution is 9.10. The summed E-state index contributed by atoms with van der Waals surface area (Å²) in [5.74, 6) is -0.0419. The first-order chi connectivity index (χ1) is 9.38. The summed E-state index contributed by atoms with van der Waals surface area (Å²) in [6.07, 6.45) is 0.623. The lowest BCUT2D eigenvalue weighted by molar-refractivity contribution is -0.117. The van der Waals surface area contributed by atoms with Crippen LogP contribution in [0.4, 0.5) is 5.69 Å². The second kappa shape index (κ2) is 8.34. The van der Waals surface area contributed by atoms with E-state index >= 15 is 0 Å². The van der Waals surface area contributed by atoms with Crippen LogP contribution in [0.5, 0.6) is 0 Å². The quantitative estimate of drug-likeness (QED) is 0.736. The van der Waals surface area contributed by atoms with E-state index in [1.165, 1.54) is 0 Å². The van der Waals surface area contributed by atoms with E-state index in [1.54, 1.807) is 0 Å². The molecular formula is C14H20BrN3OS. The van der Waals surface area contributed by atoms with Crippen molar-refractivity contribution >= 4 is 44.7 Å². The summed E-state index contributed by atoms with van der Waals surface area (Å²) in [6.45, 7) is 5.11. The molecule has 0 atom stereocenters. The summed E-state index contributed by atoms with van der Waals surface area (Å²) in [5.41, 5.74) is 6.29. The predicted molar refractivity (Wildman–Crippen MR) is 90.9 cm³/mol. The molecule has 0 heterocycles. The Balaban J connectivity index is 2.55. The maximum absolute atomic E-state index is 12.1. The van der Waals surface area contributed by atoms with Gasteiger partial charge in [0.1, 0.15) is 0 Å². The summed E-state index contributed by atoms with van der Waals surface area (Å²) in [7, 11) is 0. The molecule has 3 N–H and O–H groups in total. The standard InChI is InChI=1S/C14H20BrN3OS/c1-10(2)18(7-6-13(16)20)9-14(19)17-12-5-3-4-11(15)8-12/h3-5,8,10H,6-7,9H2,1-2H3,(H2,16,20)(H,17,19). The molecule has 0 aliphatic carbocycles. The number of halogens is 1. The van der Waals surface area contributed by atoms with Crippen LogP contribution in [0.3, 0.4) is 0 Å². The largest absolute Gasteiger partial charge is 0.393 e. The van der Waals surface area contributed by atoms with E-state index in [1.807, 2.05) is 43.0 Å². The Kier molecular flexibility index (Phi) is 7.12. The smallest absolute Gasteiger partial charge is 0.238 e. The van der Waals surface area contributed by atoms with Gasteiger partial charge in [-0.1, -0.05) is 34.2 Å². The van der Waals surface area contributed by atoms with Crippen LogP contribution in [0.1, 0.15) is 20.3 Å². The number of anilines is 1. The van der Waals surface area contributed by atoms with Gasteiger partial charge in [-0.25, -0.2) is 0 Å². The molecule has 0 radical (unpaired) electrons. The second-order valence-corrected chi connectivity index (χ2v) is 6.28. The van der Waals surface area contributed by atoms with E-state index in [2.05, 4.69) is 21.2 Å². The molecule has 0 aliphatic heterocycles. The Hall–Kier alpha value is -0.980. The first-order valence-electron chi connectivity index (χ1n) is 6.46. The maximum Gasteiger partial charge on any atom is 0.238 e. The van der Waals surface area contributed by atoms with Crippen molar-refractivity contribution in [3.8, 4) is 0 Å². The molecule has 110 valence electrons. The normalized spacial score (nSPS) is 10.8. The minimum absolute atomic E-state index is 0.0419. The summed E-state index contributed by atoms with van der Waals surface area (Å²) in [5, 5.41) is 2.88. The van der Waals surface area contributed by atoms with E-state index in [4.69, 9.17) is 18.0 Å². The van der Waals surface area contributed by atoms with Crippen molar-refractivity contribution in [1.29, 1.82) is 0 Å². The Morgan fingerprint density at radius 2 is 2.20 bits per heavy atom. The van der Waals surface area contributed by atoms with Crippen molar-refractivity contribution < 1.29 is 4.79 Å². The molecule has 1 rings (SSSR count). The molecule has 0 spiro atoms. The molecule has 0 saturated carbocycles. The Bertz CT molecular complexity index is 479. The SMILES string of the molecule is CC(C)N(CCC(N)=S)CC(=O)Nc1cccc(Br)c1. The molecule has 20 heavy (non-hydrogen) atoms. The molecule has 0 fully saturated rings. The third kappa shape index (κ3) is 6.45. The van der Waals surface area contributed by atoms with E-state index in [-0.39, 0.29) is 11.9 Å². The molecule has 0 saturated heterocycles. The fourth-order valence-electron chi connectivity index (χ4n) is 1.72. The summed E-state index contributed by atoms with van der Waals surface area (Å²) < 4.78 is 0.935. The molecule has 0 bridgehead atoms. The predicted octanol–water partition coefficient (Wildman–Crippen LogP) is 2.77. The van der Waals surface area contributed by atoms with Gasteiger partial charge in [0, 0.05) is 29.2 Å². The van der Waals surface area contributed by atoms with E-state index in [0.717, 1.165) is 10.2 Å². The lowest BCUT2D eigenvalue weighted by Gasteiger charge is -2.25. The zero-order chi connectivity index (χ0) is 15.1. The van der Waals surface area contributed by atoms with Crippen LogP contribution in [0.15, 0.2) is 28.7 Å². The van der Waals surface area contributed by atoms with Gasteiger partial charge in [-0.15, -0.1) is 0 Å². The van der Waals surface area contributed by atoms with E-state index in [0.29, 0.717) is 24.5 Å². The zero-order valence-corrected chi connectivity index (χ0v) is 14.1. The van der Waals surface area contributed by atoms with E-state index in [9.17, 15) is 4.79 Å². The molecule has 1 aromatic carbocycles. The van der Waals surface area contributed by atoms with Crippen LogP contribution in [0.2, 0.25) is 0 Å². The summed E-state index contributed by atoms with van der Waals surface area (Å²) in [4.78, 5) is 14.6. The highest BCUT2D eigenvalue weighted by Crippen LogP contribution is 2.15. The van der Waals surface area contributed by atoms with Gasteiger partial charge in [-0.2, -0.15) is 0 Å². The van der Waals surface area contributed by atoms with Crippen molar-refractivity contribution in [2.45, 2.75) is 26.3 Å². The van der Waals surface area contributed by atoms with Gasteiger partial charge >= 0.3 is 0 Å².